The normalized spacial score (nSPS) is 22.2. The van der Waals surface area contributed by atoms with Crippen molar-refractivity contribution in [2.75, 3.05) is 39.4 Å². The van der Waals surface area contributed by atoms with E-state index in [1.807, 2.05) is 22.4 Å². The standard InChI is InChI=1S/C16H20N4O3S/c21-16(12-3-8-22-11-12)20-6-4-19(5-7-20)10-14-17-15(23-18-14)13-2-1-9-24-13/h1-2,9,12H,3-8,10-11H2/t12-/m0/s1. The number of amides is 1. The van der Waals surface area contributed by atoms with Crippen LogP contribution in [-0.2, 0) is 16.1 Å². The first kappa shape index (κ1) is 15.7. The summed E-state index contributed by atoms with van der Waals surface area (Å²) in [7, 11) is 0. The Balaban J connectivity index is 1.29. The Hall–Kier alpha value is -1.77. The van der Waals surface area contributed by atoms with Crippen molar-refractivity contribution in [3.05, 3.63) is 23.3 Å². The molecule has 0 radical (unpaired) electrons. The smallest absolute Gasteiger partial charge is 0.268 e. The number of thiophene rings is 1. The Morgan fingerprint density at radius 1 is 1.33 bits per heavy atom. The lowest BCUT2D eigenvalue weighted by Crippen LogP contribution is -2.50. The molecule has 0 N–H and O–H groups in total. The third kappa shape index (κ3) is 3.35. The van der Waals surface area contributed by atoms with E-state index in [4.69, 9.17) is 9.26 Å². The van der Waals surface area contributed by atoms with E-state index in [1.54, 1.807) is 11.3 Å². The highest BCUT2D eigenvalue weighted by Crippen LogP contribution is 2.23. The summed E-state index contributed by atoms with van der Waals surface area (Å²) in [4.78, 5) is 22.1. The van der Waals surface area contributed by atoms with Crippen LogP contribution in [0.25, 0.3) is 10.8 Å². The topological polar surface area (TPSA) is 71.7 Å². The molecule has 2 aromatic heterocycles. The van der Waals surface area contributed by atoms with Crippen molar-refractivity contribution in [3.8, 4) is 10.8 Å². The molecular formula is C16H20N4O3S. The zero-order chi connectivity index (χ0) is 16.4. The van der Waals surface area contributed by atoms with Crippen LogP contribution in [0.15, 0.2) is 22.0 Å². The van der Waals surface area contributed by atoms with Crippen molar-refractivity contribution in [3.63, 3.8) is 0 Å². The number of piperazine rings is 1. The van der Waals surface area contributed by atoms with Crippen LogP contribution in [0.2, 0.25) is 0 Å². The van der Waals surface area contributed by atoms with Gasteiger partial charge in [0.15, 0.2) is 5.82 Å². The third-order valence-corrected chi connectivity index (χ3v) is 5.39. The Kier molecular flexibility index (Phi) is 4.59. The van der Waals surface area contributed by atoms with E-state index in [-0.39, 0.29) is 11.8 Å². The summed E-state index contributed by atoms with van der Waals surface area (Å²) >= 11 is 1.59. The maximum Gasteiger partial charge on any atom is 0.268 e. The van der Waals surface area contributed by atoms with Crippen molar-refractivity contribution >= 4 is 17.2 Å². The van der Waals surface area contributed by atoms with Gasteiger partial charge in [-0.1, -0.05) is 11.2 Å². The molecule has 0 aromatic carbocycles. The molecule has 0 spiro atoms. The first-order chi connectivity index (χ1) is 11.8. The summed E-state index contributed by atoms with van der Waals surface area (Å²) in [6.45, 7) is 5.12. The van der Waals surface area contributed by atoms with Crippen LogP contribution in [0.1, 0.15) is 12.2 Å². The SMILES string of the molecule is O=C([C@H]1CCOC1)N1CCN(Cc2noc(-c3cccs3)n2)CC1. The van der Waals surface area contributed by atoms with E-state index in [2.05, 4.69) is 15.0 Å². The minimum absolute atomic E-state index is 0.0575. The summed E-state index contributed by atoms with van der Waals surface area (Å²) in [5, 5.41) is 6.06. The molecule has 24 heavy (non-hydrogen) atoms. The number of carbonyl (C=O) groups is 1. The van der Waals surface area contributed by atoms with E-state index in [1.165, 1.54) is 0 Å². The Bertz CT molecular complexity index is 673. The highest BCUT2D eigenvalue weighted by Gasteiger charge is 2.30. The molecule has 1 amide bonds. The number of carbonyl (C=O) groups excluding carboxylic acids is 1. The average molecular weight is 348 g/mol. The van der Waals surface area contributed by atoms with Gasteiger partial charge in [-0.25, -0.2) is 0 Å². The minimum Gasteiger partial charge on any atom is -0.381 e. The molecule has 0 bridgehead atoms. The summed E-state index contributed by atoms with van der Waals surface area (Å²) in [6.07, 6.45) is 0.855. The van der Waals surface area contributed by atoms with E-state index in [0.29, 0.717) is 31.5 Å². The second-order valence-corrected chi connectivity index (χ2v) is 7.10. The summed E-state index contributed by atoms with van der Waals surface area (Å²) < 4.78 is 10.6. The monoisotopic (exact) mass is 348 g/mol. The van der Waals surface area contributed by atoms with Gasteiger partial charge < -0.3 is 14.2 Å². The molecule has 2 saturated heterocycles. The maximum atomic E-state index is 12.4. The van der Waals surface area contributed by atoms with Gasteiger partial charge in [0.05, 0.1) is 23.9 Å². The lowest BCUT2D eigenvalue weighted by Gasteiger charge is -2.35. The van der Waals surface area contributed by atoms with E-state index in [9.17, 15) is 4.79 Å². The lowest BCUT2D eigenvalue weighted by molar-refractivity contribution is -0.137. The molecule has 2 aromatic rings. The predicted octanol–water partition coefficient (Wildman–Crippen LogP) is 1.48. The summed E-state index contributed by atoms with van der Waals surface area (Å²) in [6, 6.07) is 3.94. The fourth-order valence-corrected chi connectivity index (χ4v) is 3.78. The van der Waals surface area contributed by atoms with Gasteiger partial charge >= 0.3 is 0 Å². The highest BCUT2D eigenvalue weighted by atomic mass is 32.1. The van der Waals surface area contributed by atoms with Gasteiger partial charge in [-0.2, -0.15) is 4.98 Å². The van der Waals surface area contributed by atoms with E-state index in [0.717, 1.165) is 37.5 Å². The molecule has 1 atom stereocenters. The van der Waals surface area contributed by atoms with E-state index < -0.39 is 0 Å². The molecule has 8 heteroatoms. The number of nitrogens with zero attached hydrogens (tertiary/aromatic N) is 4. The highest BCUT2D eigenvalue weighted by molar-refractivity contribution is 7.13. The number of rotatable bonds is 4. The van der Waals surface area contributed by atoms with Crippen molar-refractivity contribution in [1.29, 1.82) is 0 Å². The second kappa shape index (κ2) is 7.00. The van der Waals surface area contributed by atoms with Crippen molar-refractivity contribution < 1.29 is 14.1 Å². The molecule has 2 aliphatic rings. The molecule has 4 rings (SSSR count). The lowest BCUT2D eigenvalue weighted by atomic mass is 10.1. The molecular weight excluding hydrogens is 328 g/mol. The molecule has 128 valence electrons. The van der Waals surface area contributed by atoms with Crippen LogP contribution in [0.5, 0.6) is 0 Å². The molecule has 4 heterocycles. The molecule has 0 saturated carbocycles. The van der Waals surface area contributed by atoms with Crippen LogP contribution in [-0.4, -0.2) is 65.2 Å². The van der Waals surface area contributed by atoms with Gasteiger partial charge in [0.25, 0.3) is 5.89 Å². The van der Waals surface area contributed by atoms with Crippen molar-refractivity contribution in [1.82, 2.24) is 19.9 Å². The third-order valence-electron chi connectivity index (χ3n) is 4.53. The minimum atomic E-state index is 0.0575. The Morgan fingerprint density at radius 3 is 2.92 bits per heavy atom. The first-order valence-electron chi connectivity index (χ1n) is 8.25. The predicted molar refractivity (Wildman–Crippen MR) is 88.4 cm³/mol. The van der Waals surface area contributed by atoms with Gasteiger partial charge in [0, 0.05) is 32.8 Å². The van der Waals surface area contributed by atoms with Gasteiger partial charge in [0.2, 0.25) is 5.91 Å². The number of hydrogen-bond donors (Lipinski definition) is 0. The quantitative estimate of drug-likeness (QED) is 0.833. The van der Waals surface area contributed by atoms with Crippen molar-refractivity contribution in [2.45, 2.75) is 13.0 Å². The maximum absolute atomic E-state index is 12.4. The van der Waals surface area contributed by atoms with E-state index >= 15 is 0 Å². The summed E-state index contributed by atoms with van der Waals surface area (Å²) in [5.74, 6) is 1.58. The fraction of sp³-hybridized carbons (Fsp3) is 0.562. The van der Waals surface area contributed by atoms with Crippen LogP contribution in [0, 0.1) is 5.92 Å². The van der Waals surface area contributed by atoms with Crippen LogP contribution in [0.4, 0.5) is 0 Å². The van der Waals surface area contributed by atoms with Crippen molar-refractivity contribution in [2.24, 2.45) is 5.92 Å². The van der Waals surface area contributed by atoms with Gasteiger partial charge in [-0.3, -0.25) is 9.69 Å². The molecule has 7 nitrogen and oxygen atoms in total. The zero-order valence-electron chi connectivity index (χ0n) is 13.4. The zero-order valence-corrected chi connectivity index (χ0v) is 14.2. The Labute approximate surface area is 144 Å². The van der Waals surface area contributed by atoms with Gasteiger partial charge in [-0.15, -0.1) is 11.3 Å². The number of aromatic nitrogens is 2. The first-order valence-corrected chi connectivity index (χ1v) is 9.13. The van der Waals surface area contributed by atoms with Gasteiger partial charge in [-0.05, 0) is 17.9 Å². The Morgan fingerprint density at radius 2 is 2.21 bits per heavy atom. The largest absolute Gasteiger partial charge is 0.381 e. The van der Waals surface area contributed by atoms with Crippen LogP contribution >= 0.6 is 11.3 Å². The molecule has 0 unspecified atom stereocenters. The molecule has 0 aliphatic carbocycles. The van der Waals surface area contributed by atoms with Crippen LogP contribution in [0.3, 0.4) is 0 Å². The average Bonchev–Trinajstić information content (AvgIpc) is 3.36. The fourth-order valence-electron chi connectivity index (χ4n) is 3.13. The van der Waals surface area contributed by atoms with Gasteiger partial charge in [0.1, 0.15) is 0 Å². The molecule has 2 aliphatic heterocycles. The second-order valence-electron chi connectivity index (χ2n) is 6.16. The molecule has 2 fully saturated rings. The van der Waals surface area contributed by atoms with Crippen LogP contribution < -0.4 is 0 Å². The number of ether oxygens (including phenoxy) is 1. The number of hydrogen-bond acceptors (Lipinski definition) is 7. The summed E-state index contributed by atoms with van der Waals surface area (Å²) in [5.41, 5.74) is 0.